The Morgan fingerprint density at radius 3 is 2.82 bits per heavy atom. The fourth-order valence-electron chi connectivity index (χ4n) is 1.75. The van der Waals surface area contributed by atoms with Crippen LogP contribution in [0.15, 0.2) is 30.6 Å². The minimum atomic E-state index is 0.925. The molecule has 0 bridgehead atoms. The Balaban J connectivity index is 2.03. The molecule has 0 fully saturated rings. The Kier molecular flexibility index (Phi) is 3.88. The largest absolute Gasteiger partial charge is 0.369 e. The zero-order valence-electron chi connectivity index (χ0n) is 10.3. The Hall–Kier alpha value is -1.68. The number of aromatic nitrogens is 2. The summed E-state index contributed by atoms with van der Waals surface area (Å²) in [5.74, 6) is 0.925. The van der Waals surface area contributed by atoms with Gasteiger partial charge in [-0.15, -0.1) is 0 Å². The van der Waals surface area contributed by atoms with Gasteiger partial charge in [0.1, 0.15) is 12.1 Å². The summed E-state index contributed by atoms with van der Waals surface area (Å²) in [6.45, 7) is 2.01. The molecule has 4 nitrogen and oxygen atoms in total. The maximum absolute atomic E-state index is 4.29. The lowest BCUT2D eigenvalue weighted by molar-refractivity contribution is 0.405. The molecule has 0 amide bonds. The molecule has 0 saturated heterocycles. The molecular formula is C13H18N4. The van der Waals surface area contributed by atoms with E-state index >= 15 is 0 Å². The number of hydrogen-bond acceptors (Lipinski definition) is 4. The van der Waals surface area contributed by atoms with E-state index in [1.165, 1.54) is 0 Å². The second-order valence-corrected chi connectivity index (χ2v) is 4.32. The van der Waals surface area contributed by atoms with Gasteiger partial charge < -0.3 is 10.2 Å². The van der Waals surface area contributed by atoms with Crippen molar-refractivity contribution in [2.45, 2.75) is 6.42 Å². The quantitative estimate of drug-likeness (QED) is 0.798. The average Bonchev–Trinajstić information content (AvgIpc) is 2.34. The van der Waals surface area contributed by atoms with Gasteiger partial charge >= 0.3 is 0 Å². The lowest BCUT2D eigenvalue weighted by atomic mass is 10.2. The van der Waals surface area contributed by atoms with E-state index in [-0.39, 0.29) is 0 Å². The van der Waals surface area contributed by atoms with Gasteiger partial charge in [-0.05, 0) is 39.2 Å². The third kappa shape index (κ3) is 3.14. The van der Waals surface area contributed by atoms with E-state index in [0.717, 1.165) is 36.2 Å². The van der Waals surface area contributed by atoms with Gasteiger partial charge in [0.2, 0.25) is 0 Å². The number of hydrogen-bond donors (Lipinski definition) is 1. The SMILES string of the molecule is CN(C)CCCNc1ncnc2ccccc12. The lowest BCUT2D eigenvalue weighted by Crippen LogP contribution is -2.16. The van der Waals surface area contributed by atoms with Gasteiger partial charge in [-0.3, -0.25) is 0 Å². The van der Waals surface area contributed by atoms with E-state index in [0.29, 0.717) is 0 Å². The van der Waals surface area contributed by atoms with E-state index in [1.54, 1.807) is 6.33 Å². The summed E-state index contributed by atoms with van der Waals surface area (Å²) in [6, 6.07) is 8.05. The van der Waals surface area contributed by atoms with Gasteiger partial charge in [0.05, 0.1) is 5.52 Å². The van der Waals surface area contributed by atoms with Crippen molar-refractivity contribution >= 4 is 16.7 Å². The zero-order chi connectivity index (χ0) is 12.1. The number of benzene rings is 1. The topological polar surface area (TPSA) is 41.0 Å². The van der Waals surface area contributed by atoms with Gasteiger partial charge in [0.25, 0.3) is 0 Å². The first-order valence-corrected chi connectivity index (χ1v) is 5.86. The summed E-state index contributed by atoms with van der Waals surface area (Å²) < 4.78 is 0. The summed E-state index contributed by atoms with van der Waals surface area (Å²) in [5.41, 5.74) is 0.984. The highest BCUT2D eigenvalue weighted by Gasteiger charge is 2.01. The first kappa shape index (κ1) is 11.8. The third-order valence-electron chi connectivity index (χ3n) is 2.62. The molecule has 2 rings (SSSR count). The fourth-order valence-corrected chi connectivity index (χ4v) is 1.75. The van der Waals surface area contributed by atoms with E-state index < -0.39 is 0 Å². The summed E-state index contributed by atoms with van der Waals surface area (Å²) >= 11 is 0. The van der Waals surface area contributed by atoms with Crippen molar-refractivity contribution in [3.8, 4) is 0 Å². The zero-order valence-corrected chi connectivity index (χ0v) is 10.3. The van der Waals surface area contributed by atoms with Crippen molar-refractivity contribution in [1.82, 2.24) is 14.9 Å². The number of para-hydroxylation sites is 1. The standard InChI is InChI=1S/C13H18N4/c1-17(2)9-5-8-14-13-11-6-3-4-7-12(11)15-10-16-13/h3-4,6-7,10H,5,8-9H2,1-2H3,(H,14,15,16). The maximum atomic E-state index is 4.29. The van der Waals surface area contributed by atoms with E-state index in [1.807, 2.05) is 24.3 Å². The highest BCUT2D eigenvalue weighted by atomic mass is 15.1. The number of rotatable bonds is 5. The van der Waals surface area contributed by atoms with Crippen LogP contribution in [0.3, 0.4) is 0 Å². The van der Waals surface area contributed by atoms with Crippen molar-refractivity contribution in [2.75, 3.05) is 32.5 Å². The second kappa shape index (κ2) is 5.59. The summed E-state index contributed by atoms with van der Waals surface area (Å²) in [5, 5.41) is 4.45. The molecule has 1 aromatic carbocycles. The molecule has 0 saturated carbocycles. The Morgan fingerprint density at radius 2 is 2.00 bits per heavy atom. The van der Waals surface area contributed by atoms with Crippen molar-refractivity contribution in [2.24, 2.45) is 0 Å². The second-order valence-electron chi connectivity index (χ2n) is 4.32. The maximum Gasteiger partial charge on any atom is 0.137 e. The van der Waals surface area contributed by atoms with Crippen LogP contribution in [0.2, 0.25) is 0 Å². The number of nitrogens with zero attached hydrogens (tertiary/aromatic N) is 3. The molecule has 0 aliphatic carbocycles. The predicted molar refractivity (Wildman–Crippen MR) is 71.2 cm³/mol. The normalized spacial score (nSPS) is 11.0. The smallest absolute Gasteiger partial charge is 0.137 e. The predicted octanol–water partition coefficient (Wildman–Crippen LogP) is 1.99. The Labute approximate surface area is 102 Å². The van der Waals surface area contributed by atoms with Gasteiger partial charge in [-0.1, -0.05) is 12.1 Å². The molecule has 90 valence electrons. The monoisotopic (exact) mass is 230 g/mol. The van der Waals surface area contributed by atoms with Crippen LogP contribution in [0.4, 0.5) is 5.82 Å². The first-order valence-electron chi connectivity index (χ1n) is 5.86. The van der Waals surface area contributed by atoms with Crippen LogP contribution in [0.25, 0.3) is 10.9 Å². The lowest BCUT2D eigenvalue weighted by Gasteiger charge is -2.11. The van der Waals surface area contributed by atoms with Crippen molar-refractivity contribution in [1.29, 1.82) is 0 Å². The molecule has 0 atom stereocenters. The molecule has 2 aromatic rings. The van der Waals surface area contributed by atoms with E-state index in [2.05, 4.69) is 34.3 Å². The third-order valence-corrected chi connectivity index (χ3v) is 2.62. The molecule has 1 heterocycles. The number of fused-ring (bicyclic) bond motifs is 1. The molecule has 4 heteroatoms. The van der Waals surface area contributed by atoms with Crippen LogP contribution in [-0.4, -0.2) is 42.1 Å². The molecule has 0 radical (unpaired) electrons. The minimum Gasteiger partial charge on any atom is -0.369 e. The molecule has 0 spiro atoms. The van der Waals surface area contributed by atoms with Crippen molar-refractivity contribution in [3.05, 3.63) is 30.6 Å². The van der Waals surface area contributed by atoms with Crippen LogP contribution in [0.1, 0.15) is 6.42 Å². The highest BCUT2D eigenvalue weighted by Crippen LogP contribution is 2.17. The van der Waals surface area contributed by atoms with Crippen LogP contribution in [0, 0.1) is 0 Å². The van der Waals surface area contributed by atoms with Gasteiger partial charge in [0, 0.05) is 11.9 Å². The van der Waals surface area contributed by atoms with Gasteiger partial charge in [0.15, 0.2) is 0 Å². The van der Waals surface area contributed by atoms with Crippen LogP contribution in [-0.2, 0) is 0 Å². The minimum absolute atomic E-state index is 0.925. The summed E-state index contributed by atoms with van der Waals surface area (Å²) in [6.07, 6.45) is 2.71. The fraction of sp³-hybridized carbons (Fsp3) is 0.385. The molecular weight excluding hydrogens is 212 g/mol. The van der Waals surface area contributed by atoms with E-state index in [9.17, 15) is 0 Å². The molecule has 0 aliphatic rings. The Bertz CT molecular complexity index is 476. The van der Waals surface area contributed by atoms with Crippen LogP contribution >= 0.6 is 0 Å². The number of anilines is 1. The Morgan fingerprint density at radius 1 is 1.18 bits per heavy atom. The molecule has 1 N–H and O–H groups in total. The highest BCUT2D eigenvalue weighted by molar-refractivity contribution is 5.88. The molecule has 0 aliphatic heterocycles. The van der Waals surface area contributed by atoms with Crippen molar-refractivity contribution < 1.29 is 0 Å². The van der Waals surface area contributed by atoms with Crippen LogP contribution < -0.4 is 5.32 Å². The molecule has 17 heavy (non-hydrogen) atoms. The van der Waals surface area contributed by atoms with E-state index in [4.69, 9.17) is 0 Å². The average molecular weight is 230 g/mol. The van der Waals surface area contributed by atoms with Crippen molar-refractivity contribution in [3.63, 3.8) is 0 Å². The summed E-state index contributed by atoms with van der Waals surface area (Å²) in [4.78, 5) is 10.7. The first-order chi connectivity index (χ1) is 8.27. The van der Waals surface area contributed by atoms with Gasteiger partial charge in [-0.2, -0.15) is 0 Å². The molecule has 0 unspecified atom stereocenters. The molecule has 1 aromatic heterocycles. The van der Waals surface area contributed by atoms with Crippen LogP contribution in [0.5, 0.6) is 0 Å². The number of nitrogens with one attached hydrogen (secondary N) is 1. The summed E-state index contributed by atoms with van der Waals surface area (Å²) in [7, 11) is 4.17. The van der Waals surface area contributed by atoms with Gasteiger partial charge in [-0.25, -0.2) is 9.97 Å².